The van der Waals surface area contributed by atoms with Gasteiger partial charge >= 0.3 is 0 Å². The minimum Gasteiger partial charge on any atom is -0.507 e. The zero-order chi connectivity index (χ0) is 13.9. The Balaban J connectivity index is 1.56. The minimum atomic E-state index is 0.235. The van der Waals surface area contributed by atoms with E-state index < -0.39 is 0 Å². The number of benzene rings is 1. The average Bonchev–Trinajstić information content (AvgIpc) is 2.88. The zero-order valence-corrected chi connectivity index (χ0v) is 11.9. The number of ether oxygens (including phenoxy) is 2. The fourth-order valence-corrected chi connectivity index (χ4v) is 2.89. The second kappa shape index (κ2) is 5.89. The van der Waals surface area contributed by atoms with Crippen LogP contribution in [0, 0.1) is 0 Å². The summed E-state index contributed by atoms with van der Waals surface area (Å²) < 4.78 is 10.6. The molecule has 0 spiro atoms. The van der Waals surface area contributed by atoms with Gasteiger partial charge in [0.2, 0.25) is 6.79 Å². The molecule has 1 aromatic rings. The second-order valence-electron chi connectivity index (χ2n) is 5.60. The Hall–Kier alpha value is -1.46. The van der Waals surface area contributed by atoms with Gasteiger partial charge in [-0.3, -0.25) is 0 Å². The molecular formula is C15H22N2O3. The molecule has 0 saturated carbocycles. The van der Waals surface area contributed by atoms with Gasteiger partial charge in [0.15, 0.2) is 11.5 Å². The average molecular weight is 278 g/mol. The van der Waals surface area contributed by atoms with Crippen LogP contribution >= 0.6 is 0 Å². The third-order valence-electron chi connectivity index (χ3n) is 4.19. The van der Waals surface area contributed by atoms with Crippen LogP contribution in [0.25, 0.3) is 0 Å². The molecule has 2 N–H and O–H groups in total. The summed E-state index contributed by atoms with van der Waals surface area (Å²) >= 11 is 0. The molecule has 1 fully saturated rings. The van der Waals surface area contributed by atoms with E-state index in [9.17, 15) is 5.11 Å². The summed E-state index contributed by atoms with van der Waals surface area (Å²) in [5, 5.41) is 13.4. The Morgan fingerprint density at radius 1 is 1.30 bits per heavy atom. The molecular weight excluding hydrogens is 256 g/mol. The van der Waals surface area contributed by atoms with Gasteiger partial charge in [-0.1, -0.05) is 6.42 Å². The number of aromatic hydroxyl groups is 1. The van der Waals surface area contributed by atoms with E-state index in [1.54, 1.807) is 6.07 Å². The zero-order valence-electron chi connectivity index (χ0n) is 11.9. The molecule has 1 atom stereocenters. The van der Waals surface area contributed by atoms with E-state index >= 15 is 0 Å². The van der Waals surface area contributed by atoms with Crippen LogP contribution in [0.15, 0.2) is 12.1 Å². The van der Waals surface area contributed by atoms with Crippen molar-refractivity contribution in [1.82, 2.24) is 10.2 Å². The highest BCUT2D eigenvalue weighted by molar-refractivity contribution is 5.51. The maximum Gasteiger partial charge on any atom is 0.231 e. The lowest BCUT2D eigenvalue weighted by Gasteiger charge is -2.32. The van der Waals surface area contributed by atoms with Gasteiger partial charge in [0.25, 0.3) is 0 Å². The van der Waals surface area contributed by atoms with Gasteiger partial charge in [-0.25, -0.2) is 0 Å². The van der Waals surface area contributed by atoms with Crippen LogP contribution in [0.3, 0.4) is 0 Å². The van der Waals surface area contributed by atoms with Crippen LogP contribution < -0.4 is 14.8 Å². The lowest BCUT2D eigenvalue weighted by molar-refractivity contribution is 0.174. The normalized spacial score (nSPS) is 22.1. The van der Waals surface area contributed by atoms with Crippen LogP contribution in [0.2, 0.25) is 0 Å². The van der Waals surface area contributed by atoms with Crippen molar-refractivity contribution in [2.75, 3.05) is 26.9 Å². The maximum atomic E-state index is 9.98. The highest BCUT2D eigenvalue weighted by Gasteiger charge is 2.19. The summed E-state index contributed by atoms with van der Waals surface area (Å²) in [5.41, 5.74) is 0.854. The number of nitrogens with zero attached hydrogens (tertiary/aromatic N) is 1. The molecule has 1 aromatic carbocycles. The van der Waals surface area contributed by atoms with Crippen LogP contribution in [-0.2, 0) is 6.54 Å². The first-order valence-electron chi connectivity index (χ1n) is 7.26. The molecule has 2 aliphatic rings. The molecule has 2 heterocycles. The number of fused-ring (bicyclic) bond motifs is 1. The molecule has 5 heteroatoms. The first-order valence-corrected chi connectivity index (χ1v) is 7.26. The molecule has 5 nitrogen and oxygen atoms in total. The van der Waals surface area contributed by atoms with Crippen LogP contribution in [0.1, 0.15) is 24.8 Å². The van der Waals surface area contributed by atoms with Crippen molar-refractivity contribution in [3.63, 3.8) is 0 Å². The number of nitrogens with one attached hydrogen (secondary N) is 1. The second-order valence-corrected chi connectivity index (χ2v) is 5.60. The summed E-state index contributed by atoms with van der Waals surface area (Å²) in [6, 6.07) is 4.08. The fraction of sp³-hybridized carbons (Fsp3) is 0.600. The van der Waals surface area contributed by atoms with Crippen molar-refractivity contribution < 1.29 is 14.6 Å². The molecule has 3 rings (SSSR count). The van der Waals surface area contributed by atoms with Crippen molar-refractivity contribution in [1.29, 1.82) is 0 Å². The SMILES string of the molecule is CN1CCCCC1CNCc1cc2c(cc1O)OCO2. The summed E-state index contributed by atoms with van der Waals surface area (Å²) in [6.07, 6.45) is 3.86. The molecule has 0 bridgehead atoms. The number of phenols is 1. The van der Waals surface area contributed by atoms with E-state index in [1.165, 1.54) is 25.8 Å². The largest absolute Gasteiger partial charge is 0.507 e. The number of hydrogen-bond acceptors (Lipinski definition) is 5. The molecule has 2 aliphatic heterocycles. The third kappa shape index (κ3) is 2.83. The number of piperidine rings is 1. The van der Waals surface area contributed by atoms with Gasteiger partial charge < -0.3 is 24.8 Å². The van der Waals surface area contributed by atoms with Gasteiger partial charge in [-0.05, 0) is 32.5 Å². The Bertz CT molecular complexity index is 478. The summed E-state index contributed by atoms with van der Waals surface area (Å²) in [7, 11) is 2.18. The van der Waals surface area contributed by atoms with Crippen molar-refractivity contribution in [2.24, 2.45) is 0 Å². The lowest BCUT2D eigenvalue weighted by Crippen LogP contribution is -2.42. The number of rotatable bonds is 4. The Kier molecular flexibility index (Phi) is 3.98. The quantitative estimate of drug-likeness (QED) is 0.878. The van der Waals surface area contributed by atoms with Crippen molar-refractivity contribution >= 4 is 0 Å². The van der Waals surface area contributed by atoms with Gasteiger partial charge in [0.05, 0.1) is 0 Å². The number of phenolic OH excluding ortho intramolecular Hbond substituents is 1. The molecule has 0 radical (unpaired) electrons. The van der Waals surface area contributed by atoms with Crippen LogP contribution in [-0.4, -0.2) is 43.0 Å². The monoisotopic (exact) mass is 278 g/mol. The van der Waals surface area contributed by atoms with Gasteiger partial charge in [-0.2, -0.15) is 0 Å². The molecule has 110 valence electrons. The topological polar surface area (TPSA) is 54.0 Å². The van der Waals surface area contributed by atoms with Crippen LogP contribution in [0.5, 0.6) is 17.2 Å². The van der Waals surface area contributed by atoms with Gasteiger partial charge in [-0.15, -0.1) is 0 Å². The molecule has 0 amide bonds. The highest BCUT2D eigenvalue weighted by atomic mass is 16.7. The van der Waals surface area contributed by atoms with E-state index in [1.807, 2.05) is 6.07 Å². The van der Waals surface area contributed by atoms with E-state index in [-0.39, 0.29) is 12.5 Å². The molecule has 0 aliphatic carbocycles. The molecule has 20 heavy (non-hydrogen) atoms. The Morgan fingerprint density at radius 2 is 2.10 bits per heavy atom. The Labute approximate surface area is 119 Å². The summed E-state index contributed by atoms with van der Waals surface area (Å²) in [5.74, 6) is 1.60. The van der Waals surface area contributed by atoms with Crippen molar-refractivity contribution in [2.45, 2.75) is 31.8 Å². The highest BCUT2D eigenvalue weighted by Crippen LogP contribution is 2.37. The fourth-order valence-electron chi connectivity index (χ4n) is 2.89. The molecule has 1 saturated heterocycles. The van der Waals surface area contributed by atoms with Gasteiger partial charge in [0, 0.05) is 30.8 Å². The summed E-state index contributed by atoms with van der Waals surface area (Å²) in [6.45, 7) is 3.01. The molecule has 1 unspecified atom stereocenters. The standard InChI is InChI=1S/C15H22N2O3/c1-17-5-3-2-4-12(17)9-16-8-11-6-14-15(7-13(11)18)20-10-19-14/h6-7,12,16,18H,2-5,8-10H2,1H3. The Morgan fingerprint density at radius 3 is 2.90 bits per heavy atom. The van der Waals surface area contributed by atoms with E-state index in [2.05, 4.69) is 17.3 Å². The number of hydrogen-bond donors (Lipinski definition) is 2. The third-order valence-corrected chi connectivity index (χ3v) is 4.19. The predicted molar refractivity (Wildman–Crippen MR) is 76.2 cm³/mol. The first kappa shape index (κ1) is 13.5. The predicted octanol–water partition coefficient (Wildman–Crippen LogP) is 1.69. The molecule has 0 aromatic heterocycles. The van der Waals surface area contributed by atoms with E-state index in [4.69, 9.17) is 9.47 Å². The summed E-state index contributed by atoms with van der Waals surface area (Å²) in [4.78, 5) is 2.41. The first-order chi connectivity index (χ1) is 9.74. The van der Waals surface area contributed by atoms with E-state index in [0.717, 1.165) is 17.9 Å². The number of likely N-dealkylation sites (N-methyl/N-ethyl adjacent to an activating group) is 1. The van der Waals surface area contributed by atoms with E-state index in [0.29, 0.717) is 18.3 Å². The van der Waals surface area contributed by atoms with Crippen molar-refractivity contribution in [3.05, 3.63) is 17.7 Å². The van der Waals surface area contributed by atoms with Crippen LogP contribution in [0.4, 0.5) is 0 Å². The smallest absolute Gasteiger partial charge is 0.231 e. The maximum absolute atomic E-state index is 9.98. The number of likely N-dealkylation sites (tertiary alicyclic amines) is 1. The minimum absolute atomic E-state index is 0.235. The van der Waals surface area contributed by atoms with Gasteiger partial charge in [0.1, 0.15) is 5.75 Å². The van der Waals surface area contributed by atoms with Crippen molar-refractivity contribution in [3.8, 4) is 17.2 Å². The lowest BCUT2D eigenvalue weighted by atomic mass is 10.0.